The molecule has 2 aliphatic rings. The smallest absolute Gasteiger partial charge is 0.0480 e. The zero-order valence-electron chi connectivity index (χ0n) is 9.17. The van der Waals surface area contributed by atoms with Crippen molar-refractivity contribution in [3.8, 4) is 0 Å². The molecule has 0 aromatic carbocycles. The molecule has 3 nitrogen and oxygen atoms in total. The van der Waals surface area contributed by atoms with Crippen molar-refractivity contribution in [1.82, 2.24) is 10.2 Å². The monoisotopic (exact) mass is 198 g/mol. The molecular weight excluding hydrogens is 176 g/mol. The molecule has 0 amide bonds. The van der Waals surface area contributed by atoms with Gasteiger partial charge in [-0.15, -0.1) is 0 Å². The number of nitrogens with zero attached hydrogens (tertiary/aromatic N) is 1. The quantitative estimate of drug-likeness (QED) is 0.727. The molecule has 0 saturated carbocycles. The second-order valence-electron chi connectivity index (χ2n) is 4.43. The molecule has 2 rings (SSSR count). The van der Waals surface area contributed by atoms with E-state index in [1.807, 2.05) is 0 Å². The third kappa shape index (κ3) is 2.69. The van der Waals surface area contributed by atoms with Gasteiger partial charge in [-0.3, -0.25) is 0 Å². The summed E-state index contributed by atoms with van der Waals surface area (Å²) in [6.07, 6.45) is 3.72. The first-order valence-corrected chi connectivity index (χ1v) is 5.94. The van der Waals surface area contributed by atoms with Crippen molar-refractivity contribution >= 4 is 0 Å². The van der Waals surface area contributed by atoms with E-state index < -0.39 is 0 Å². The minimum Gasteiger partial charge on any atom is -0.381 e. The molecule has 14 heavy (non-hydrogen) atoms. The maximum Gasteiger partial charge on any atom is 0.0480 e. The summed E-state index contributed by atoms with van der Waals surface area (Å²) >= 11 is 0. The molecule has 1 N–H and O–H groups in total. The third-order valence-electron chi connectivity index (χ3n) is 3.41. The highest BCUT2D eigenvalue weighted by Crippen LogP contribution is 2.13. The van der Waals surface area contributed by atoms with Gasteiger partial charge in [0.25, 0.3) is 0 Å². The molecule has 0 aromatic rings. The largest absolute Gasteiger partial charge is 0.381 e. The van der Waals surface area contributed by atoms with E-state index in [1.165, 1.54) is 38.9 Å². The Hall–Kier alpha value is -0.120. The van der Waals surface area contributed by atoms with Crippen LogP contribution in [0.15, 0.2) is 0 Å². The van der Waals surface area contributed by atoms with Crippen molar-refractivity contribution in [3.05, 3.63) is 0 Å². The van der Waals surface area contributed by atoms with Crippen LogP contribution in [0.25, 0.3) is 0 Å². The van der Waals surface area contributed by atoms with Crippen LogP contribution >= 0.6 is 0 Å². The topological polar surface area (TPSA) is 24.5 Å². The van der Waals surface area contributed by atoms with Gasteiger partial charge >= 0.3 is 0 Å². The Bertz CT molecular complexity index is 169. The normalized spacial score (nSPS) is 31.1. The minimum atomic E-state index is 0.713. The first-order chi connectivity index (χ1) is 6.88. The van der Waals surface area contributed by atoms with E-state index in [1.54, 1.807) is 0 Å². The van der Waals surface area contributed by atoms with Crippen LogP contribution in [0, 0.1) is 0 Å². The molecule has 2 saturated heterocycles. The third-order valence-corrected chi connectivity index (χ3v) is 3.41. The first-order valence-electron chi connectivity index (χ1n) is 5.94. The molecule has 0 radical (unpaired) electrons. The summed E-state index contributed by atoms with van der Waals surface area (Å²) in [5.74, 6) is 0. The van der Waals surface area contributed by atoms with Crippen molar-refractivity contribution in [2.75, 3.05) is 32.8 Å². The highest BCUT2D eigenvalue weighted by atomic mass is 16.5. The highest BCUT2D eigenvalue weighted by molar-refractivity contribution is 4.84. The molecule has 0 spiro atoms. The van der Waals surface area contributed by atoms with Gasteiger partial charge in [-0.25, -0.2) is 0 Å². The lowest BCUT2D eigenvalue weighted by Crippen LogP contribution is -2.42. The van der Waals surface area contributed by atoms with Gasteiger partial charge in [-0.2, -0.15) is 0 Å². The summed E-state index contributed by atoms with van der Waals surface area (Å²) in [6, 6.07) is 1.45. The maximum atomic E-state index is 5.36. The van der Waals surface area contributed by atoms with Gasteiger partial charge in [0, 0.05) is 31.8 Å². The fourth-order valence-electron chi connectivity index (χ4n) is 2.45. The van der Waals surface area contributed by atoms with Gasteiger partial charge in [0.1, 0.15) is 0 Å². The Balaban J connectivity index is 1.69. The number of hydrogen-bond acceptors (Lipinski definition) is 3. The van der Waals surface area contributed by atoms with Crippen molar-refractivity contribution in [1.29, 1.82) is 0 Å². The summed E-state index contributed by atoms with van der Waals surface area (Å²) < 4.78 is 5.36. The standard InChI is InChI=1S/C11H22N2O/c1-2-13-6-3-11(9-13)12-10-4-7-14-8-5-10/h10-12H,2-9H2,1H3. The summed E-state index contributed by atoms with van der Waals surface area (Å²) in [7, 11) is 0. The van der Waals surface area contributed by atoms with Crippen molar-refractivity contribution in [2.45, 2.75) is 38.3 Å². The van der Waals surface area contributed by atoms with Gasteiger partial charge in [-0.1, -0.05) is 6.92 Å². The lowest BCUT2D eigenvalue weighted by Gasteiger charge is -2.26. The van der Waals surface area contributed by atoms with Crippen LogP contribution in [0.2, 0.25) is 0 Å². The van der Waals surface area contributed by atoms with E-state index in [0.717, 1.165) is 19.3 Å². The molecule has 3 heteroatoms. The number of likely N-dealkylation sites (tertiary alicyclic amines) is 1. The maximum absolute atomic E-state index is 5.36. The molecule has 2 aliphatic heterocycles. The van der Waals surface area contributed by atoms with Crippen molar-refractivity contribution < 1.29 is 4.74 Å². The summed E-state index contributed by atoms with van der Waals surface area (Å²) in [5.41, 5.74) is 0. The number of likely N-dealkylation sites (N-methyl/N-ethyl adjacent to an activating group) is 1. The number of ether oxygens (including phenoxy) is 1. The van der Waals surface area contributed by atoms with E-state index in [4.69, 9.17) is 4.74 Å². The van der Waals surface area contributed by atoms with Gasteiger partial charge < -0.3 is 15.0 Å². The number of nitrogens with one attached hydrogen (secondary N) is 1. The second kappa shape index (κ2) is 5.10. The Labute approximate surface area is 86.8 Å². The Morgan fingerprint density at radius 3 is 2.64 bits per heavy atom. The van der Waals surface area contributed by atoms with Crippen LogP contribution in [-0.2, 0) is 4.74 Å². The van der Waals surface area contributed by atoms with E-state index in [9.17, 15) is 0 Å². The average molecular weight is 198 g/mol. The van der Waals surface area contributed by atoms with Gasteiger partial charge in [0.05, 0.1) is 0 Å². The van der Waals surface area contributed by atoms with Crippen LogP contribution in [0.4, 0.5) is 0 Å². The Morgan fingerprint density at radius 1 is 1.21 bits per heavy atom. The lowest BCUT2D eigenvalue weighted by atomic mass is 10.1. The van der Waals surface area contributed by atoms with Crippen molar-refractivity contribution in [3.63, 3.8) is 0 Å². The minimum absolute atomic E-state index is 0.713. The van der Waals surface area contributed by atoms with Crippen LogP contribution in [0.5, 0.6) is 0 Å². The fourth-order valence-corrected chi connectivity index (χ4v) is 2.45. The average Bonchev–Trinajstić information content (AvgIpc) is 2.67. The zero-order valence-corrected chi connectivity index (χ0v) is 9.17. The summed E-state index contributed by atoms with van der Waals surface area (Å²) in [5, 5.41) is 3.76. The van der Waals surface area contributed by atoms with Gasteiger partial charge in [-0.05, 0) is 32.4 Å². The molecular formula is C11H22N2O. The predicted molar refractivity (Wildman–Crippen MR) is 57.5 cm³/mol. The van der Waals surface area contributed by atoms with E-state index >= 15 is 0 Å². The van der Waals surface area contributed by atoms with E-state index in [-0.39, 0.29) is 0 Å². The van der Waals surface area contributed by atoms with Crippen molar-refractivity contribution in [2.24, 2.45) is 0 Å². The molecule has 2 heterocycles. The van der Waals surface area contributed by atoms with Crippen LogP contribution in [0.1, 0.15) is 26.2 Å². The molecule has 0 bridgehead atoms. The molecule has 82 valence electrons. The molecule has 0 aromatic heterocycles. The second-order valence-corrected chi connectivity index (χ2v) is 4.43. The summed E-state index contributed by atoms with van der Waals surface area (Å²) in [6.45, 7) is 7.86. The molecule has 0 aliphatic carbocycles. The molecule has 2 fully saturated rings. The van der Waals surface area contributed by atoms with Gasteiger partial charge in [0.15, 0.2) is 0 Å². The van der Waals surface area contributed by atoms with Crippen LogP contribution < -0.4 is 5.32 Å². The van der Waals surface area contributed by atoms with Gasteiger partial charge in [0.2, 0.25) is 0 Å². The molecule has 1 unspecified atom stereocenters. The van der Waals surface area contributed by atoms with E-state index in [2.05, 4.69) is 17.1 Å². The predicted octanol–water partition coefficient (Wildman–Crippen LogP) is 0.849. The molecule has 1 atom stereocenters. The zero-order chi connectivity index (χ0) is 9.80. The van der Waals surface area contributed by atoms with Crippen LogP contribution in [-0.4, -0.2) is 49.8 Å². The number of rotatable bonds is 3. The van der Waals surface area contributed by atoms with E-state index in [0.29, 0.717) is 6.04 Å². The lowest BCUT2D eigenvalue weighted by molar-refractivity contribution is 0.0751. The highest BCUT2D eigenvalue weighted by Gasteiger charge is 2.24. The summed E-state index contributed by atoms with van der Waals surface area (Å²) in [4.78, 5) is 2.52. The first kappa shape index (κ1) is 10.4. The Kier molecular flexibility index (Phi) is 3.79. The van der Waals surface area contributed by atoms with Crippen LogP contribution in [0.3, 0.4) is 0 Å². The Morgan fingerprint density at radius 2 is 2.00 bits per heavy atom. The fraction of sp³-hybridized carbons (Fsp3) is 1.00. The number of hydrogen-bond donors (Lipinski definition) is 1. The SMILES string of the molecule is CCN1CCC(NC2CCOCC2)C1.